The summed E-state index contributed by atoms with van der Waals surface area (Å²) in [6, 6.07) is -3.30. The summed E-state index contributed by atoms with van der Waals surface area (Å²) in [4.78, 5) is 0. The maximum Gasteiger partial charge on any atom is 0.0629 e. The van der Waals surface area contributed by atoms with Crippen molar-refractivity contribution in [3.8, 4) is 11.1 Å². The van der Waals surface area contributed by atoms with Crippen LogP contribution in [0.5, 0.6) is 0 Å². The molecular weight excluding hydrogens is 144 g/mol. The highest BCUT2D eigenvalue weighted by molar-refractivity contribution is 5.62. The number of hydrogen-bond acceptors (Lipinski definition) is 0. The van der Waals surface area contributed by atoms with Crippen molar-refractivity contribution < 1.29 is 12.3 Å². The van der Waals surface area contributed by atoms with Crippen LogP contribution in [0.2, 0.25) is 0 Å². The molecule has 0 heteroatoms. The van der Waals surface area contributed by atoms with Gasteiger partial charge in [0.15, 0.2) is 0 Å². The summed E-state index contributed by atoms with van der Waals surface area (Å²) in [5.74, 6) is 0. The Morgan fingerprint density at radius 3 is 2.00 bits per heavy atom. The van der Waals surface area contributed by atoms with Crippen LogP contribution < -0.4 is 0 Å². The Morgan fingerprint density at radius 1 is 0.667 bits per heavy atom. The van der Waals surface area contributed by atoms with Gasteiger partial charge in [0.2, 0.25) is 0 Å². The van der Waals surface area contributed by atoms with Crippen molar-refractivity contribution in [3.63, 3.8) is 0 Å². The number of rotatable bonds is 1. The van der Waals surface area contributed by atoms with E-state index >= 15 is 0 Å². The molecule has 2 aromatic carbocycles. The second kappa shape index (κ2) is 3.22. The SMILES string of the molecule is [2H]c1cc([2H])c(-c2c([2H])c([2H])c([2H])c([2H])c2[2H])c([2H])c1[2H]. The molecule has 0 nitrogen and oxygen atoms in total. The summed E-state index contributed by atoms with van der Waals surface area (Å²) in [5.41, 5.74) is -0.516. The van der Waals surface area contributed by atoms with E-state index in [0.29, 0.717) is 0 Å². The predicted molar refractivity (Wildman–Crippen MR) is 51.9 cm³/mol. The van der Waals surface area contributed by atoms with E-state index in [0.717, 1.165) is 6.07 Å². The van der Waals surface area contributed by atoms with E-state index in [9.17, 15) is 0 Å². The van der Waals surface area contributed by atoms with Crippen molar-refractivity contribution in [2.45, 2.75) is 0 Å². The van der Waals surface area contributed by atoms with Gasteiger partial charge in [-0.15, -0.1) is 0 Å². The van der Waals surface area contributed by atoms with Crippen molar-refractivity contribution in [3.05, 3.63) is 60.4 Å². The lowest BCUT2D eigenvalue weighted by Gasteiger charge is -1.98. The molecule has 0 aliphatic rings. The fourth-order valence-corrected chi connectivity index (χ4v) is 0.789. The standard InChI is InChI=1S/C12H10/c1-3-7-11(8-4-1)12-9-5-2-6-10-12/h1-10H/i1D,2D,3D,4D,5D,7D,8D,9D,10D. The van der Waals surface area contributed by atoms with Crippen molar-refractivity contribution in [2.24, 2.45) is 0 Å². The average Bonchev–Trinajstić information content (AvgIpc) is 2.44. The maximum absolute atomic E-state index is 7.84. The Hall–Kier alpha value is -1.56. The van der Waals surface area contributed by atoms with Gasteiger partial charge >= 0.3 is 0 Å². The van der Waals surface area contributed by atoms with E-state index in [4.69, 9.17) is 12.3 Å². The predicted octanol–water partition coefficient (Wildman–Crippen LogP) is 3.35. The van der Waals surface area contributed by atoms with Crippen LogP contribution >= 0.6 is 0 Å². The zero-order valence-electron chi connectivity index (χ0n) is 15.1. The van der Waals surface area contributed by atoms with E-state index < -0.39 is 42.3 Å². The molecule has 0 amide bonds. The van der Waals surface area contributed by atoms with E-state index in [2.05, 4.69) is 0 Å². The molecule has 0 atom stereocenters. The fraction of sp³-hybridized carbons (Fsp3) is 0. The van der Waals surface area contributed by atoms with E-state index in [1.165, 1.54) is 0 Å². The first-order chi connectivity index (χ1) is 9.68. The zero-order valence-corrected chi connectivity index (χ0v) is 6.08. The van der Waals surface area contributed by atoms with Gasteiger partial charge in [-0.1, -0.05) is 60.4 Å². The molecule has 0 heterocycles. The monoisotopic (exact) mass is 163 g/mol. The average molecular weight is 163 g/mol. The number of benzene rings is 2. The third-order valence-electron chi connectivity index (χ3n) is 1.30. The van der Waals surface area contributed by atoms with Crippen molar-refractivity contribution in [1.82, 2.24) is 0 Å². The van der Waals surface area contributed by atoms with Gasteiger partial charge in [-0.3, -0.25) is 0 Å². The summed E-state index contributed by atoms with van der Waals surface area (Å²) >= 11 is 0. The van der Waals surface area contributed by atoms with Crippen LogP contribution in [0.4, 0.5) is 0 Å². The fourth-order valence-electron chi connectivity index (χ4n) is 0.789. The van der Waals surface area contributed by atoms with Gasteiger partial charge in [-0.25, -0.2) is 0 Å². The van der Waals surface area contributed by atoms with Gasteiger partial charge in [-0.05, 0) is 11.1 Å². The summed E-state index contributed by atoms with van der Waals surface area (Å²) in [6.07, 6.45) is 0. The Morgan fingerprint density at radius 2 is 1.25 bits per heavy atom. The van der Waals surface area contributed by atoms with Crippen LogP contribution in [0, 0.1) is 0 Å². The lowest BCUT2D eigenvalue weighted by molar-refractivity contribution is 1.62. The maximum atomic E-state index is 7.84. The van der Waals surface area contributed by atoms with Crippen LogP contribution in [-0.2, 0) is 0 Å². The van der Waals surface area contributed by atoms with Crippen molar-refractivity contribution >= 4 is 0 Å². The molecule has 0 N–H and O–H groups in total. The lowest BCUT2D eigenvalue weighted by Crippen LogP contribution is -1.73. The molecule has 2 rings (SSSR count). The van der Waals surface area contributed by atoms with Gasteiger partial charge in [0, 0.05) is 0 Å². The van der Waals surface area contributed by atoms with E-state index in [1.54, 1.807) is 0 Å². The highest BCUT2D eigenvalue weighted by Gasteiger charge is 1.91. The highest BCUT2D eigenvalue weighted by atomic mass is 14.0. The Bertz CT molecular complexity index is 722. The Balaban J connectivity index is 2.96. The third kappa shape index (κ3) is 1.37. The molecule has 0 unspecified atom stereocenters. The first-order valence-corrected chi connectivity index (χ1v) is 3.33. The van der Waals surface area contributed by atoms with Crippen LogP contribution in [-0.4, -0.2) is 0 Å². The molecule has 58 valence electrons. The van der Waals surface area contributed by atoms with Crippen molar-refractivity contribution in [2.75, 3.05) is 0 Å². The minimum absolute atomic E-state index is 0.229. The molecule has 0 aromatic heterocycles. The largest absolute Gasteiger partial charge is 0.0629 e. The minimum atomic E-state index is -0.564. The van der Waals surface area contributed by atoms with Crippen LogP contribution in [0.1, 0.15) is 12.3 Å². The molecule has 0 fully saturated rings. The summed E-state index contributed by atoms with van der Waals surface area (Å²) in [5, 5.41) is 0. The molecule has 12 heavy (non-hydrogen) atoms. The van der Waals surface area contributed by atoms with Gasteiger partial charge in [-0.2, -0.15) is 0 Å². The van der Waals surface area contributed by atoms with Crippen LogP contribution in [0.25, 0.3) is 11.1 Å². The van der Waals surface area contributed by atoms with E-state index in [1.807, 2.05) is 0 Å². The van der Waals surface area contributed by atoms with Gasteiger partial charge < -0.3 is 0 Å². The molecule has 0 saturated carbocycles. The molecule has 2 aromatic rings. The molecule has 0 radical (unpaired) electrons. The molecule has 0 saturated heterocycles. The van der Waals surface area contributed by atoms with Crippen LogP contribution in [0.3, 0.4) is 0 Å². The summed E-state index contributed by atoms with van der Waals surface area (Å²) in [6.45, 7) is 0. The minimum Gasteiger partial charge on any atom is -0.0622 e. The highest BCUT2D eigenvalue weighted by Crippen LogP contribution is 2.17. The third-order valence-corrected chi connectivity index (χ3v) is 1.30. The molecule has 0 aliphatic carbocycles. The molecule has 0 spiro atoms. The summed E-state index contributed by atoms with van der Waals surface area (Å²) < 4.78 is 69.2. The molecule has 0 bridgehead atoms. The van der Waals surface area contributed by atoms with Gasteiger partial charge in [0.1, 0.15) is 0 Å². The quantitative estimate of drug-likeness (QED) is 0.604. The van der Waals surface area contributed by atoms with E-state index in [-0.39, 0.29) is 23.2 Å². The molecule has 0 aliphatic heterocycles. The smallest absolute Gasteiger partial charge is 0.0622 e. The first-order valence-electron chi connectivity index (χ1n) is 7.83. The summed E-state index contributed by atoms with van der Waals surface area (Å²) in [7, 11) is 0. The Kier molecular flexibility index (Phi) is 0.598. The number of hydrogen-bond donors (Lipinski definition) is 0. The Labute approximate surface area is 85.1 Å². The topological polar surface area (TPSA) is 0 Å². The van der Waals surface area contributed by atoms with Crippen LogP contribution in [0.15, 0.2) is 60.4 Å². The second-order valence-electron chi connectivity index (χ2n) is 2.06. The second-order valence-corrected chi connectivity index (χ2v) is 2.06. The first kappa shape index (κ1) is 2.23. The molecular formula is C12H10. The zero-order chi connectivity index (χ0) is 16.1. The van der Waals surface area contributed by atoms with Crippen molar-refractivity contribution in [1.29, 1.82) is 0 Å². The lowest BCUT2D eigenvalue weighted by atomic mass is 10.1. The normalized spacial score (nSPS) is 20.2. The van der Waals surface area contributed by atoms with Gasteiger partial charge in [0.25, 0.3) is 0 Å². The van der Waals surface area contributed by atoms with Gasteiger partial charge in [0.05, 0.1) is 12.3 Å².